The number of allylic oxidation sites excluding steroid dienone is 1. The summed E-state index contributed by atoms with van der Waals surface area (Å²) in [6, 6.07) is 5.58. The molecule has 0 unspecified atom stereocenters. The minimum atomic E-state index is 0.392. The van der Waals surface area contributed by atoms with Crippen molar-refractivity contribution in [2.75, 3.05) is 20.0 Å². The lowest BCUT2D eigenvalue weighted by atomic mass is 10.1. The fraction of sp³-hybridized carbons (Fsp3) is 0.333. The molecule has 1 aromatic carbocycles. The molecule has 5 nitrogen and oxygen atoms in total. The lowest BCUT2D eigenvalue weighted by Crippen LogP contribution is -1.99. The molecule has 0 spiro atoms. The molecule has 0 saturated carbocycles. The highest BCUT2D eigenvalue weighted by atomic mass is 16.5. The Kier molecular flexibility index (Phi) is 5.97. The summed E-state index contributed by atoms with van der Waals surface area (Å²) < 4.78 is 10.6. The standard InChI is InChI=1S/C18H23N3O2/c1-4-5-6-7-8-14-12-20-18(19)17(21-14)13-9-10-15(22-2)16(11-13)23-3/h7-12H,4-6H2,1-3H3,(H2,19,20)/b8-7+. The van der Waals surface area contributed by atoms with E-state index in [1.165, 1.54) is 12.8 Å². The topological polar surface area (TPSA) is 70.3 Å². The second-order valence-corrected chi connectivity index (χ2v) is 5.14. The van der Waals surface area contributed by atoms with Gasteiger partial charge < -0.3 is 15.2 Å². The van der Waals surface area contributed by atoms with Gasteiger partial charge >= 0.3 is 0 Å². The first kappa shape index (κ1) is 16.8. The monoisotopic (exact) mass is 313 g/mol. The van der Waals surface area contributed by atoms with Crippen molar-refractivity contribution >= 4 is 11.9 Å². The third-order valence-corrected chi connectivity index (χ3v) is 3.49. The Morgan fingerprint density at radius 3 is 2.65 bits per heavy atom. The smallest absolute Gasteiger partial charge is 0.161 e. The van der Waals surface area contributed by atoms with Gasteiger partial charge in [0.1, 0.15) is 11.5 Å². The molecule has 2 aromatic rings. The number of anilines is 1. The van der Waals surface area contributed by atoms with Gasteiger partial charge in [-0.05, 0) is 30.7 Å². The minimum Gasteiger partial charge on any atom is -0.493 e. The number of unbranched alkanes of at least 4 members (excludes halogenated alkanes) is 2. The van der Waals surface area contributed by atoms with Gasteiger partial charge in [-0.25, -0.2) is 9.97 Å². The van der Waals surface area contributed by atoms with Crippen molar-refractivity contribution in [3.63, 3.8) is 0 Å². The van der Waals surface area contributed by atoms with Crippen molar-refractivity contribution in [3.8, 4) is 22.8 Å². The molecule has 0 saturated heterocycles. The molecule has 0 aliphatic carbocycles. The van der Waals surface area contributed by atoms with E-state index in [1.54, 1.807) is 20.4 Å². The third-order valence-electron chi connectivity index (χ3n) is 3.49. The molecule has 23 heavy (non-hydrogen) atoms. The number of hydrogen-bond donors (Lipinski definition) is 1. The van der Waals surface area contributed by atoms with Gasteiger partial charge in [-0.1, -0.05) is 25.8 Å². The van der Waals surface area contributed by atoms with Crippen LogP contribution in [0.25, 0.3) is 17.3 Å². The summed E-state index contributed by atoms with van der Waals surface area (Å²) >= 11 is 0. The van der Waals surface area contributed by atoms with Crippen LogP contribution >= 0.6 is 0 Å². The van der Waals surface area contributed by atoms with E-state index in [-0.39, 0.29) is 0 Å². The van der Waals surface area contributed by atoms with E-state index >= 15 is 0 Å². The molecule has 5 heteroatoms. The van der Waals surface area contributed by atoms with E-state index < -0.39 is 0 Å². The number of nitrogens with zero attached hydrogens (tertiary/aromatic N) is 2. The van der Waals surface area contributed by atoms with Crippen molar-refractivity contribution in [1.82, 2.24) is 9.97 Å². The molecule has 1 heterocycles. The minimum absolute atomic E-state index is 0.392. The SMILES string of the molecule is CCCC/C=C/c1cnc(N)c(-c2ccc(OC)c(OC)c2)n1. The van der Waals surface area contributed by atoms with Crippen LogP contribution in [0, 0.1) is 0 Å². The maximum absolute atomic E-state index is 5.99. The number of benzene rings is 1. The van der Waals surface area contributed by atoms with Crippen LogP contribution in [0.4, 0.5) is 5.82 Å². The Balaban J connectivity index is 2.33. The molecule has 0 aliphatic heterocycles. The number of rotatable bonds is 7. The van der Waals surface area contributed by atoms with E-state index in [1.807, 2.05) is 24.3 Å². The largest absolute Gasteiger partial charge is 0.493 e. The maximum Gasteiger partial charge on any atom is 0.161 e. The molecule has 122 valence electrons. The number of nitrogens with two attached hydrogens (primary N) is 1. The Hall–Kier alpha value is -2.56. The molecule has 0 atom stereocenters. The number of hydrogen-bond acceptors (Lipinski definition) is 5. The molecular weight excluding hydrogens is 290 g/mol. The molecule has 2 rings (SSSR count). The number of nitrogen functional groups attached to an aromatic ring is 1. The fourth-order valence-corrected chi connectivity index (χ4v) is 2.21. The van der Waals surface area contributed by atoms with Crippen LogP contribution in [-0.2, 0) is 0 Å². The van der Waals surface area contributed by atoms with Crippen LogP contribution in [0.15, 0.2) is 30.5 Å². The lowest BCUT2D eigenvalue weighted by Gasteiger charge is -2.10. The highest BCUT2D eigenvalue weighted by molar-refractivity contribution is 5.73. The van der Waals surface area contributed by atoms with E-state index in [0.717, 1.165) is 17.7 Å². The quantitative estimate of drug-likeness (QED) is 0.784. The van der Waals surface area contributed by atoms with Gasteiger partial charge in [0.05, 0.1) is 26.1 Å². The number of methoxy groups -OCH3 is 2. The number of ether oxygens (including phenoxy) is 2. The predicted octanol–water partition coefficient (Wildman–Crippen LogP) is 3.95. The molecular formula is C18H23N3O2. The first-order valence-corrected chi connectivity index (χ1v) is 7.71. The van der Waals surface area contributed by atoms with Crippen molar-refractivity contribution in [1.29, 1.82) is 0 Å². The summed E-state index contributed by atoms with van der Waals surface area (Å²) in [7, 11) is 3.21. The zero-order valence-electron chi connectivity index (χ0n) is 13.9. The van der Waals surface area contributed by atoms with Crippen molar-refractivity contribution in [2.45, 2.75) is 26.2 Å². The number of aromatic nitrogens is 2. The van der Waals surface area contributed by atoms with Gasteiger partial charge in [0.25, 0.3) is 0 Å². The summed E-state index contributed by atoms with van der Waals surface area (Å²) in [4.78, 5) is 8.84. The van der Waals surface area contributed by atoms with Crippen LogP contribution in [0.2, 0.25) is 0 Å². The van der Waals surface area contributed by atoms with Crippen molar-refractivity contribution in [2.24, 2.45) is 0 Å². The summed E-state index contributed by atoms with van der Waals surface area (Å²) in [5.74, 6) is 1.69. The van der Waals surface area contributed by atoms with Crippen molar-refractivity contribution in [3.05, 3.63) is 36.2 Å². The average molecular weight is 313 g/mol. The zero-order chi connectivity index (χ0) is 16.7. The Morgan fingerprint density at radius 1 is 1.17 bits per heavy atom. The van der Waals surface area contributed by atoms with Crippen LogP contribution in [0.5, 0.6) is 11.5 Å². The highest BCUT2D eigenvalue weighted by Gasteiger charge is 2.11. The molecule has 0 amide bonds. The molecule has 0 fully saturated rings. The van der Waals surface area contributed by atoms with E-state index in [9.17, 15) is 0 Å². The summed E-state index contributed by atoms with van der Waals surface area (Å²) in [5.41, 5.74) is 8.27. The molecule has 0 bridgehead atoms. The Bertz CT molecular complexity index is 684. The lowest BCUT2D eigenvalue weighted by molar-refractivity contribution is 0.355. The van der Waals surface area contributed by atoms with Gasteiger partial charge in [-0.3, -0.25) is 0 Å². The van der Waals surface area contributed by atoms with Crippen LogP contribution in [0.1, 0.15) is 31.9 Å². The van der Waals surface area contributed by atoms with Gasteiger partial charge in [-0.2, -0.15) is 0 Å². The first-order valence-electron chi connectivity index (χ1n) is 7.71. The van der Waals surface area contributed by atoms with Crippen LogP contribution in [0.3, 0.4) is 0 Å². The second kappa shape index (κ2) is 8.17. The van der Waals surface area contributed by atoms with E-state index in [0.29, 0.717) is 23.0 Å². The fourth-order valence-electron chi connectivity index (χ4n) is 2.21. The summed E-state index contributed by atoms with van der Waals surface area (Å²) in [5, 5.41) is 0. The van der Waals surface area contributed by atoms with E-state index in [2.05, 4.69) is 23.0 Å². The van der Waals surface area contributed by atoms with E-state index in [4.69, 9.17) is 15.2 Å². The van der Waals surface area contributed by atoms with Gasteiger partial charge in [0.2, 0.25) is 0 Å². The van der Waals surface area contributed by atoms with Gasteiger partial charge in [0, 0.05) is 5.56 Å². The molecule has 0 radical (unpaired) electrons. The Morgan fingerprint density at radius 2 is 1.96 bits per heavy atom. The second-order valence-electron chi connectivity index (χ2n) is 5.14. The molecule has 2 N–H and O–H groups in total. The highest BCUT2D eigenvalue weighted by Crippen LogP contribution is 2.33. The van der Waals surface area contributed by atoms with Gasteiger partial charge in [0.15, 0.2) is 11.5 Å². The van der Waals surface area contributed by atoms with Crippen LogP contribution < -0.4 is 15.2 Å². The normalized spacial score (nSPS) is 10.9. The third kappa shape index (κ3) is 4.22. The van der Waals surface area contributed by atoms with Crippen LogP contribution in [-0.4, -0.2) is 24.2 Å². The molecule has 1 aromatic heterocycles. The predicted molar refractivity (Wildman–Crippen MR) is 93.5 cm³/mol. The zero-order valence-corrected chi connectivity index (χ0v) is 13.9. The maximum atomic E-state index is 5.99. The molecule has 0 aliphatic rings. The summed E-state index contributed by atoms with van der Waals surface area (Å²) in [6.45, 7) is 2.17. The summed E-state index contributed by atoms with van der Waals surface area (Å²) in [6.07, 6.45) is 9.15. The van der Waals surface area contributed by atoms with Gasteiger partial charge in [-0.15, -0.1) is 0 Å². The average Bonchev–Trinajstić information content (AvgIpc) is 2.59. The first-order chi connectivity index (χ1) is 11.2. The Labute approximate surface area is 137 Å². The van der Waals surface area contributed by atoms with Crippen molar-refractivity contribution < 1.29 is 9.47 Å².